The van der Waals surface area contributed by atoms with Gasteiger partial charge in [-0.2, -0.15) is 0 Å². The van der Waals surface area contributed by atoms with Crippen LogP contribution in [0.4, 0.5) is 5.69 Å². The van der Waals surface area contributed by atoms with Gasteiger partial charge in [0.25, 0.3) is 0 Å². The molecule has 1 amide bonds. The van der Waals surface area contributed by atoms with Crippen LogP contribution in [0.2, 0.25) is 0 Å². The van der Waals surface area contributed by atoms with E-state index >= 15 is 0 Å². The molecule has 4 nitrogen and oxygen atoms in total. The molecule has 1 fully saturated rings. The van der Waals surface area contributed by atoms with Crippen molar-refractivity contribution < 1.29 is 14.3 Å². The fourth-order valence-corrected chi connectivity index (χ4v) is 4.63. The minimum Gasteiger partial charge on any atom is -0.466 e. The number of methoxy groups -OCH3 is 1. The largest absolute Gasteiger partial charge is 0.466 e. The molecule has 0 heterocycles. The number of ether oxygens (including phenoxy) is 1. The summed E-state index contributed by atoms with van der Waals surface area (Å²) in [4.78, 5) is 27.1. The number of amides is 1. The van der Waals surface area contributed by atoms with E-state index in [0.29, 0.717) is 6.54 Å². The number of benzene rings is 3. The van der Waals surface area contributed by atoms with Gasteiger partial charge in [0.2, 0.25) is 5.91 Å². The fraction of sp³-hybridized carbons (Fsp3) is 0.290. The maximum atomic E-state index is 13.7. The number of carbonyl (C=O) groups is 2. The number of nitrogens with zero attached hydrogens (tertiary/aromatic N) is 1. The van der Waals surface area contributed by atoms with Gasteiger partial charge in [-0.15, -0.1) is 0 Å². The van der Waals surface area contributed by atoms with Crippen molar-refractivity contribution in [1.29, 1.82) is 0 Å². The standard InChI is InChI=1S/C31H33NO3/c1-23-11-16-26(17-12-23)27-18-13-25(14-19-27)22-32(31(34)28-8-4-3-5-9-28)29-10-6-7-24(21-29)15-20-30(33)35-2/h6-7,10-21,28H,3-5,8-9,22H2,1-2H3/b20-15+. The zero-order valence-electron chi connectivity index (χ0n) is 20.6. The lowest BCUT2D eigenvalue weighted by Gasteiger charge is -2.30. The monoisotopic (exact) mass is 467 g/mol. The Morgan fingerprint density at radius 1 is 0.914 bits per heavy atom. The third-order valence-electron chi connectivity index (χ3n) is 6.69. The second kappa shape index (κ2) is 11.7. The molecule has 1 aliphatic rings. The molecule has 0 aromatic heterocycles. The van der Waals surface area contributed by atoms with Crippen molar-refractivity contribution >= 4 is 23.6 Å². The van der Waals surface area contributed by atoms with Crippen molar-refractivity contribution in [3.8, 4) is 11.1 Å². The number of anilines is 1. The lowest BCUT2D eigenvalue weighted by atomic mass is 9.88. The van der Waals surface area contributed by atoms with Crippen LogP contribution in [0.5, 0.6) is 0 Å². The summed E-state index contributed by atoms with van der Waals surface area (Å²) >= 11 is 0. The first-order valence-electron chi connectivity index (χ1n) is 12.4. The van der Waals surface area contributed by atoms with Crippen LogP contribution in [0.25, 0.3) is 17.2 Å². The molecule has 3 aromatic rings. The van der Waals surface area contributed by atoms with Gasteiger partial charge in [-0.1, -0.05) is 85.5 Å². The highest BCUT2D eigenvalue weighted by Crippen LogP contribution is 2.30. The van der Waals surface area contributed by atoms with Gasteiger partial charge in [-0.25, -0.2) is 4.79 Å². The number of hydrogen-bond donors (Lipinski definition) is 0. The number of rotatable bonds is 7. The van der Waals surface area contributed by atoms with Gasteiger partial charge >= 0.3 is 5.97 Å². The van der Waals surface area contributed by atoms with Crippen molar-refractivity contribution in [2.45, 2.75) is 45.6 Å². The second-order valence-electron chi connectivity index (χ2n) is 9.27. The highest BCUT2D eigenvalue weighted by atomic mass is 16.5. The summed E-state index contributed by atoms with van der Waals surface area (Å²) in [5.74, 6) is -0.162. The highest BCUT2D eigenvalue weighted by Gasteiger charge is 2.27. The molecule has 180 valence electrons. The average molecular weight is 468 g/mol. The first-order valence-corrected chi connectivity index (χ1v) is 12.4. The van der Waals surface area contributed by atoms with Crippen LogP contribution < -0.4 is 4.90 Å². The molecule has 0 atom stereocenters. The molecule has 0 aliphatic heterocycles. The number of carbonyl (C=O) groups excluding carboxylic acids is 2. The van der Waals surface area contributed by atoms with Crippen molar-refractivity contribution in [1.82, 2.24) is 0 Å². The van der Waals surface area contributed by atoms with E-state index in [-0.39, 0.29) is 11.8 Å². The predicted molar refractivity (Wildman–Crippen MR) is 142 cm³/mol. The Morgan fingerprint density at radius 3 is 2.23 bits per heavy atom. The Bertz CT molecular complexity index is 1170. The Morgan fingerprint density at radius 2 is 1.57 bits per heavy atom. The number of esters is 1. The summed E-state index contributed by atoms with van der Waals surface area (Å²) in [5.41, 5.74) is 6.36. The van der Waals surface area contributed by atoms with Crippen LogP contribution in [0, 0.1) is 12.8 Å². The van der Waals surface area contributed by atoms with Gasteiger partial charge in [0.05, 0.1) is 13.7 Å². The van der Waals surface area contributed by atoms with Crippen LogP contribution in [0.1, 0.15) is 48.8 Å². The summed E-state index contributed by atoms with van der Waals surface area (Å²) < 4.78 is 4.70. The molecule has 4 heteroatoms. The van der Waals surface area contributed by atoms with E-state index < -0.39 is 5.97 Å². The average Bonchev–Trinajstić information content (AvgIpc) is 2.91. The molecule has 1 aliphatic carbocycles. The van der Waals surface area contributed by atoms with Crippen molar-refractivity contribution in [2.24, 2.45) is 5.92 Å². The molecule has 4 rings (SSSR count). The van der Waals surface area contributed by atoms with Crippen LogP contribution in [-0.4, -0.2) is 19.0 Å². The van der Waals surface area contributed by atoms with Crippen LogP contribution in [0.15, 0.2) is 78.9 Å². The maximum Gasteiger partial charge on any atom is 0.330 e. The molecule has 35 heavy (non-hydrogen) atoms. The molecule has 0 bridgehead atoms. The Labute approximate surface area is 208 Å². The normalized spacial score (nSPS) is 14.1. The zero-order chi connectivity index (χ0) is 24.6. The maximum absolute atomic E-state index is 13.7. The SMILES string of the molecule is COC(=O)/C=C/c1cccc(N(Cc2ccc(-c3ccc(C)cc3)cc2)C(=O)C2CCCCC2)c1. The summed E-state index contributed by atoms with van der Waals surface area (Å²) in [6, 6.07) is 24.7. The summed E-state index contributed by atoms with van der Waals surface area (Å²) in [5, 5.41) is 0. The van der Waals surface area contributed by atoms with Gasteiger partial charge in [0, 0.05) is 17.7 Å². The Balaban J connectivity index is 1.60. The summed E-state index contributed by atoms with van der Waals surface area (Å²) in [6.07, 6.45) is 8.44. The van der Waals surface area contributed by atoms with Gasteiger partial charge in [0.15, 0.2) is 0 Å². The van der Waals surface area contributed by atoms with E-state index in [0.717, 1.165) is 48.1 Å². The van der Waals surface area contributed by atoms with E-state index in [9.17, 15) is 9.59 Å². The van der Waals surface area contributed by atoms with E-state index in [1.165, 1.54) is 30.7 Å². The van der Waals surface area contributed by atoms with Crippen LogP contribution in [0.3, 0.4) is 0 Å². The van der Waals surface area contributed by atoms with E-state index in [1.54, 1.807) is 6.08 Å². The second-order valence-corrected chi connectivity index (χ2v) is 9.27. The molecule has 0 unspecified atom stereocenters. The number of hydrogen-bond acceptors (Lipinski definition) is 3. The fourth-order valence-electron chi connectivity index (χ4n) is 4.63. The lowest BCUT2D eigenvalue weighted by molar-refractivity contribution is -0.134. The molecule has 1 saturated carbocycles. The first kappa shape index (κ1) is 24.5. The van der Waals surface area contributed by atoms with Crippen molar-refractivity contribution in [3.63, 3.8) is 0 Å². The lowest BCUT2D eigenvalue weighted by Crippen LogP contribution is -2.36. The topological polar surface area (TPSA) is 46.6 Å². The smallest absolute Gasteiger partial charge is 0.330 e. The highest BCUT2D eigenvalue weighted by molar-refractivity contribution is 5.95. The third kappa shape index (κ3) is 6.48. The third-order valence-corrected chi connectivity index (χ3v) is 6.69. The molecule has 0 N–H and O–H groups in total. The molecular formula is C31H33NO3. The molecular weight excluding hydrogens is 434 g/mol. The number of aryl methyl sites for hydroxylation is 1. The van der Waals surface area contributed by atoms with Crippen molar-refractivity contribution in [3.05, 3.63) is 95.6 Å². The zero-order valence-corrected chi connectivity index (χ0v) is 20.6. The van der Waals surface area contributed by atoms with Crippen molar-refractivity contribution in [2.75, 3.05) is 12.0 Å². The summed E-state index contributed by atoms with van der Waals surface area (Å²) in [6.45, 7) is 2.60. The van der Waals surface area contributed by atoms with Crippen LogP contribution >= 0.6 is 0 Å². The molecule has 0 saturated heterocycles. The van der Waals surface area contributed by atoms with E-state index in [4.69, 9.17) is 4.74 Å². The minimum absolute atomic E-state index is 0.0600. The quantitative estimate of drug-likeness (QED) is 0.279. The van der Waals surface area contributed by atoms with Gasteiger partial charge < -0.3 is 9.64 Å². The summed E-state index contributed by atoms with van der Waals surface area (Å²) in [7, 11) is 1.36. The van der Waals surface area contributed by atoms with Gasteiger partial charge in [-0.3, -0.25) is 4.79 Å². The molecule has 3 aromatic carbocycles. The Kier molecular flexibility index (Phi) is 8.15. The first-order chi connectivity index (χ1) is 17.0. The van der Waals surface area contributed by atoms with Gasteiger partial charge in [-0.05, 0) is 60.2 Å². The Hall–Kier alpha value is -3.66. The minimum atomic E-state index is -0.404. The van der Waals surface area contributed by atoms with E-state index in [2.05, 4.69) is 55.5 Å². The predicted octanol–water partition coefficient (Wildman–Crippen LogP) is 6.96. The van der Waals surface area contributed by atoms with E-state index in [1.807, 2.05) is 29.2 Å². The molecule has 0 spiro atoms. The molecule has 0 radical (unpaired) electrons. The van der Waals surface area contributed by atoms with Gasteiger partial charge in [0.1, 0.15) is 0 Å². The van der Waals surface area contributed by atoms with Crippen LogP contribution in [-0.2, 0) is 20.9 Å².